The first kappa shape index (κ1) is 14.1. The molecular formula is C19H17NO2. The van der Waals surface area contributed by atoms with Gasteiger partial charge in [0.15, 0.2) is 0 Å². The van der Waals surface area contributed by atoms with E-state index in [1.165, 1.54) is 7.11 Å². The Bertz CT molecular complexity index is 789. The van der Waals surface area contributed by atoms with Crippen LogP contribution in [0, 0.1) is 6.92 Å². The van der Waals surface area contributed by atoms with Gasteiger partial charge < -0.3 is 9.72 Å². The summed E-state index contributed by atoms with van der Waals surface area (Å²) in [5.41, 5.74) is 5.43. The molecule has 0 bridgehead atoms. The Morgan fingerprint density at radius 2 is 1.36 bits per heavy atom. The molecule has 1 heterocycles. The van der Waals surface area contributed by atoms with Crippen LogP contribution in [-0.4, -0.2) is 18.1 Å². The number of carbonyl (C=O) groups excluding carboxylic acids is 1. The molecule has 0 atom stereocenters. The van der Waals surface area contributed by atoms with Crippen molar-refractivity contribution >= 4 is 5.97 Å². The van der Waals surface area contributed by atoms with Crippen molar-refractivity contribution in [2.75, 3.05) is 7.11 Å². The first-order valence-electron chi connectivity index (χ1n) is 7.14. The molecule has 0 spiro atoms. The number of methoxy groups -OCH3 is 1. The molecule has 3 rings (SSSR count). The summed E-state index contributed by atoms with van der Waals surface area (Å²) >= 11 is 0. The number of carbonyl (C=O) groups is 1. The zero-order chi connectivity index (χ0) is 15.5. The molecule has 110 valence electrons. The van der Waals surface area contributed by atoms with Crippen molar-refractivity contribution < 1.29 is 9.53 Å². The quantitative estimate of drug-likeness (QED) is 0.725. The van der Waals surface area contributed by atoms with Gasteiger partial charge in [0, 0.05) is 16.8 Å². The molecule has 22 heavy (non-hydrogen) atoms. The Kier molecular flexibility index (Phi) is 3.79. The van der Waals surface area contributed by atoms with Gasteiger partial charge in [0.25, 0.3) is 0 Å². The number of rotatable bonds is 3. The lowest BCUT2D eigenvalue weighted by atomic mass is 9.95. The van der Waals surface area contributed by atoms with Crippen LogP contribution in [0.1, 0.15) is 16.2 Å². The highest BCUT2D eigenvalue weighted by atomic mass is 16.5. The molecule has 3 aromatic rings. The van der Waals surface area contributed by atoms with E-state index in [1.54, 1.807) is 0 Å². The summed E-state index contributed by atoms with van der Waals surface area (Å²) < 4.78 is 4.93. The molecule has 0 aliphatic rings. The Labute approximate surface area is 129 Å². The van der Waals surface area contributed by atoms with Crippen LogP contribution in [0.5, 0.6) is 0 Å². The Balaban J connectivity index is 2.30. The van der Waals surface area contributed by atoms with E-state index >= 15 is 0 Å². The van der Waals surface area contributed by atoms with E-state index in [0.717, 1.165) is 27.9 Å². The summed E-state index contributed by atoms with van der Waals surface area (Å²) in [5, 5.41) is 0. The van der Waals surface area contributed by atoms with Crippen molar-refractivity contribution in [3.63, 3.8) is 0 Å². The Morgan fingerprint density at radius 1 is 0.864 bits per heavy atom. The van der Waals surface area contributed by atoms with Crippen molar-refractivity contribution in [3.8, 4) is 22.3 Å². The minimum atomic E-state index is -0.357. The Hall–Kier alpha value is -2.81. The molecule has 0 aliphatic carbocycles. The number of hydrogen-bond donors (Lipinski definition) is 1. The fraction of sp³-hybridized carbons (Fsp3) is 0.105. The normalized spacial score (nSPS) is 10.5. The highest BCUT2D eigenvalue weighted by molar-refractivity contribution is 6.02. The minimum Gasteiger partial charge on any atom is -0.464 e. The van der Waals surface area contributed by atoms with E-state index in [1.807, 2.05) is 67.6 Å². The van der Waals surface area contributed by atoms with Crippen LogP contribution >= 0.6 is 0 Å². The smallest absolute Gasteiger partial charge is 0.355 e. The summed E-state index contributed by atoms with van der Waals surface area (Å²) in [6, 6.07) is 20.0. The van der Waals surface area contributed by atoms with Crippen LogP contribution in [-0.2, 0) is 4.74 Å². The molecule has 0 radical (unpaired) electrons. The van der Waals surface area contributed by atoms with Gasteiger partial charge >= 0.3 is 5.97 Å². The van der Waals surface area contributed by atoms with Crippen molar-refractivity contribution in [2.45, 2.75) is 6.92 Å². The summed E-state index contributed by atoms with van der Waals surface area (Å²) in [5.74, 6) is -0.357. The average Bonchev–Trinajstić information content (AvgIpc) is 2.93. The summed E-state index contributed by atoms with van der Waals surface area (Å²) in [7, 11) is 1.40. The molecule has 0 unspecified atom stereocenters. The molecule has 3 nitrogen and oxygen atoms in total. The van der Waals surface area contributed by atoms with Crippen molar-refractivity contribution in [1.29, 1.82) is 0 Å². The van der Waals surface area contributed by atoms with Crippen molar-refractivity contribution in [3.05, 3.63) is 72.1 Å². The number of aryl methyl sites for hydroxylation is 1. The van der Waals surface area contributed by atoms with E-state index in [2.05, 4.69) is 4.98 Å². The molecular weight excluding hydrogens is 274 g/mol. The molecule has 0 aliphatic heterocycles. The van der Waals surface area contributed by atoms with Crippen molar-refractivity contribution in [1.82, 2.24) is 4.98 Å². The molecule has 0 fully saturated rings. The van der Waals surface area contributed by atoms with Gasteiger partial charge in [-0.2, -0.15) is 0 Å². The lowest BCUT2D eigenvalue weighted by Gasteiger charge is -2.08. The summed E-state index contributed by atoms with van der Waals surface area (Å²) in [4.78, 5) is 15.3. The van der Waals surface area contributed by atoms with E-state index < -0.39 is 0 Å². The van der Waals surface area contributed by atoms with Gasteiger partial charge in [0.1, 0.15) is 5.69 Å². The number of nitrogens with one attached hydrogen (secondary N) is 1. The van der Waals surface area contributed by atoms with Crippen LogP contribution in [0.15, 0.2) is 60.7 Å². The Morgan fingerprint density at radius 3 is 1.86 bits per heavy atom. The molecule has 2 aromatic carbocycles. The fourth-order valence-electron chi connectivity index (χ4n) is 2.74. The number of esters is 1. The number of aromatic amines is 1. The van der Waals surface area contributed by atoms with E-state index in [0.29, 0.717) is 5.69 Å². The zero-order valence-electron chi connectivity index (χ0n) is 12.6. The van der Waals surface area contributed by atoms with Gasteiger partial charge in [0.2, 0.25) is 0 Å². The number of hydrogen-bond acceptors (Lipinski definition) is 2. The molecule has 3 heteroatoms. The minimum absolute atomic E-state index is 0.357. The van der Waals surface area contributed by atoms with E-state index in [4.69, 9.17) is 4.74 Å². The van der Waals surface area contributed by atoms with Gasteiger partial charge in [-0.3, -0.25) is 0 Å². The van der Waals surface area contributed by atoms with Crippen molar-refractivity contribution in [2.24, 2.45) is 0 Å². The third kappa shape index (κ3) is 2.42. The molecule has 1 aromatic heterocycles. The highest BCUT2D eigenvalue weighted by Crippen LogP contribution is 2.37. The second-order valence-corrected chi connectivity index (χ2v) is 5.10. The molecule has 1 N–H and O–H groups in total. The molecule has 0 saturated heterocycles. The largest absolute Gasteiger partial charge is 0.464 e. The monoisotopic (exact) mass is 291 g/mol. The average molecular weight is 291 g/mol. The lowest BCUT2D eigenvalue weighted by molar-refractivity contribution is 0.0595. The topological polar surface area (TPSA) is 42.1 Å². The lowest BCUT2D eigenvalue weighted by Crippen LogP contribution is -2.03. The predicted molar refractivity (Wildman–Crippen MR) is 87.7 cm³/mol. The van der Waals surface area contributed by atoms with Gasteiger partial charge in [-0.15, -0.1) is 0 Å². The van der Waals surface area contributed by atoms with Gasteiger partial charge in [0.05, 0.1) is 7.11 Å². The van der Waals surface area contributed by atoms with Crippen LogP contribution in [0.25, 0.3) is 22.3 Å². The van der Waals surface area contributed by atoms with E-state index in [9.17, 15) is 4.79 Å². The highest BCUT2D eigenvalue weighted by Gasteiger charge is 2.22. The first-order valence-corrected chi connectivity index (χ1v) is 7.14. The van der Waals surface area contributed by atoms with Crippen LogP contribution in [0.4, 0.5) is 0 Å². The number of aromatic nitrogens is 1. The van der Waals surface area contributed by atoms with Crippen LogP contribution in [0.2, 0.25) is 0 Å². The molecule has 0 amide bonds. The van der Waals surface area contributed by atoms with Crippen LogP contribution < -0.4 is 0 Å². The van der Waals surface area contributed by atoms with Gasteiger partial charge in [-0.25, -0.2) is 4.79 Å². The maximum absolute atomic E-state index is 12.2. The third-order valence-corrected chi connectivity index (χ3v) is 3.70. The fourth-order valence-corrected chi connectivity index (χ4v) is 2.74. The third-order valence-electron chi connectivity index (χ3n) is 3.70. The van der Waals surface area contributed by atoms with E-state index in [-0.39, 0.29) is 5.97 Å². The summed E-state index contributed by atoms with van der Waals surface area (Å²) in [6.45, 7) is 1.97. The second kappa shape index (κ2) is 5.90. The SMILES string of the molecule is COC(=O)c1[nH]c(C)c(-c2ccccc2)c1-c1ccccc1. The number of H-pyrrole nitrogens is 1. The number of ether oxygens (including phenoxy) is 1. The molecule has 0 saturated carbocycles. The predicted octanol–water partition coefficient (Wildman–Crippen LogP) is 4.44. The number of benzene rings is 2. The first-order chi connectivity index (χ1) is 10.7. The maximum Gasteiger partial charge on any atom is 0.355 e. The van der Waals surface area contributed by atoms with Gasteiger partial charge in [-0.1, -0.05) is 60.7 Å². The van der Waals surface area contributed by atoms with Crippen LogP contribution in [0.3, 0.4) is 0 Å². The standard InChI is InChI=1S/C19H17NO2/c1-13-16(14-9-5-3-6-10-14)17(15-11-7-4-8-12-15)18(20-13)19(21)22-2/h3-12,20H,1-2H3. The maximum atomic E-state index is 12.2. The zero-order valence-corrected chi connectivity index (χ0v) is 12.6. The van der Waals surface area contributed by atoms with Gasteiger partial charge in [-0.05, 0) is 18.1 Å². The second-order valence-electron chi connectivity index (χ2n) is 5.10. The summed E-state index contributed by atoms with van der Waals surface area (Å²) in [6.07, 6.45) is 0.